The number of carbonyl (C=O) groups is 1. The molecule has 0 aliphatic carbocycles. The zero-order valence-corrected chi connectivity index (χ0v) is 10.7. The monoisotopic (exact) mass is 253 g/mol. The molecular weight excluding hydrogens is 238 g/mol. The summed E-state index contributed by atoms with van der Waals surface area (Å²) in [6, 6.07) is 2.01. The van der Waals surface area contributed by atoms with Crippen LogP contribution >= 0.6 is 11.3 Å². The number of nitriles is 1. The van der Waals surface area contributed by atoms with Crippen LogP contribution in [-0.2, 0) is 4.74 Å². The average Bonchev–Trinajstić information content (AvgIpc) is 2.63. The quantitative estimate of drug-likeness (QED) is 0.785. The van der Waals surface area contributed by atoms with Gasteiger partial charge in [0.15, 0.2) is 0 Å². The Balaban J connectivity index is 3.05. The van der Waals surface area contributed by atoms with Gasteiger partial charge in [0.25, 0.3) is 0 Å². The number of thiophene rings is 1. The summed E-state index contributed by atoms with van der Waals surface area (Å²) in [7, 11) is 0. The summed E-state index contributed by atoms with van der Waals surface area (Å²) in [6.07, 6.45) is 0.928. The van der Waals surface area contributed by atoms with Crippen molar-refractivity contribution in [1.82, 2.24) is 0 Å². The molecule has 0 unspecified atom stereocenters. The van der Waals surface area contributed by atoms with Crippen LogP contribution in [0.4, 0.5) is 10.7 Å². The van der Waals surface area contributed by atoms with Gasteiger partial charge in [-0.15, -0.1) is 11.3 Å². The van der Waals surface area contributed by atoms with E-state index >= 15 is 0 Å². The van der Waals surface area contributed by atoms with E-state index in [0.29, 0.717) is 15.4 Å². The number of carbonyl (C=O) groups excluding carboxylic acids is 1. The highest BCUT2D eigenvalue weighted by molar-refractivity contribution is 7.18. The highest BCUT2D eigenvalue weighted by Gasteiger charge is 2.21. The summed E-state index contributed by atoms with van der Waals surface area (Å²) in [6.45, 7) is 4.76. The lowest BCUT2D eigenvalue weighted by atomic mass is 10.2. The summed E-state index contributed by atoms with van der Waals surface area (Å²) < 4.78 is 4.88. The topological polar surface area (TPSA) is 88.1 Å². The second kappa shape index (κ2) is 6.11. The van der Waals surface area contributed by atoms with Gasteiger partial charge in [0.1, 0.15) is 21.5 Å². The molecule has 0 atom stereocenters. The Labute approximate surface area is 104 Å². The molecule has 5 nitrogen and oxygen atoms in total. The van der Waals surface area contributed by atoms with Gasteiger partial charge in [-0.3, -0.25) is 0 Å². The molecule has 0 amide bonds. The zero-order chi connectivity index (χ0) is 12.8. The average molecular weight is 253 g/mol. The fourth-order valence-corrected chi connectivity index (χ4v) is 2.26. The molecular formula is C11H15N3O2S. The Bertz CT molecular complexity index is 448. The number of nitrogens with zero attached hydrogens (tertiary/aromatic N) is 1. The van der Waals surface area contributed by atoms with Crippen LogP contribution in [0.15, 0.2) is 0 Å². The van der Waals surface area contributed by atoms with Gasteiger partial charge in [0, 0.05) is 6.54 Å². The van der Waals surface area contributed by atoms with Crippen LogP contribution < -0.4 is 11.1 Å². The van der Waals surface area contributed by atoms with Crippen molar-refractivity contribution in [3.05, 3.63) is 10.4 Å². The molecule has 0 fully saturated rings. The van der Waals surface area contributed by atoms with Crippen LogP contribution in [0.5, 0.6) is 0 Å². The molecule has 0 radical (unpaired) electrons. The molecule has 17 heavy (non-hydrogen) atoms. The van der Waals surface area contributed by atoms with Gasteiger partial charge in [-0.2, -0.15) is 5.26 Å². The van der Waals surface area contributed by atoms with Crippen molar-refractivity contribution in [3.8, 4) is 6.07 Å². The summed E-state index contributed by atoms with van der Waals surface area (Å²) in [5, 5.41) is 12.7. The van der Waals surface area contributed by atoms with Gasteiger partial charge in [-0.05, 0) is 13.3 Å². The molecule has 1 rings (SSSR count). The Morgan fingerprint density at radius 3 is 2.82 bits per heavy atom. The second-order valence-corrected chi connectivity index (χ2v) is 4.33. The Morgan fingerprint density at radius 1 is 1.59 bits per heavy atom. The predicted molar refractivity (Wildman–Crippen MR) is 68.2 cm³/mol. The summed E-state index contributed by atoms with van der Waals surface area (Å²) in [5.41, 5.74) is 6.29. The van der Waals surface area contributed by atoms with E-state index in [1.165, 1.54) is 11.3 Å². The van der Waals surface area contributed by atoms with E-state index in [1.807, 2.05) is 13.0 Å². The van der Waals surface area contributed by atoms with Gasteiger partial charge < -0.3 is 15.8 Å². The molecule has 0 spiro atoms. The SMILES string of the molecule is CCCNc1sc(C(=O)OCC)c(N)c1C#N. The van der Waals surface area contributed by atoms with Gasteiger partial charge in [0.2, 0.25) is 0 Å². The molecule has 0 aromatic carbocycles. The number of hydrogen-bond acceptors (Lipinski definition) is 6. The van der Waals surface area contributed by atoms with Crippen molar-refractivity contribution in [1.29, 1.82) is 5.26 Å². The molecule has 92 valence electrons. The maximum Gasteiger partial charge on any atom is 0.350 e. The minimum atomic E-state index is -0.476. The first-order valence-electron chi connectivity index (χ1n) is 5.39. The number of hydrogen-bond donors (Lipinski definition) is 2. The fraction of sp³-hybridized carbons (Fsp3) is 0.455. The lowest BCUT2D eigenvalue weighted by Gasteiger charge is -2.00. The third kappa shape index (κ3) is 2.88. The van der Waals surface area contributed by atoms with Crippen molar-refractivity contribution in [2.45, 2.75) is 20.3 Å². The van der Waals surface area contributed by atoms with E-state index in [9.17, 15) is 4.79 Å². The third-order valence-electron chi connectivity index (χ3n) is 2.05. The van der Waals surface area contributed by atoms with Gasteiger partial charge in [0.05, 0.1) is 12.3 Å². The van der Waals surface area contributed by atoms with E-state index in [0.717, 1.165) is 13.0 Å². The fourth-order valence-electron chi connectivity index (χ4n) is 1.27. The van der Waals surface area contributed by atoms with Gasteiger partial charge in [-0.1, -0.05) is 6.92 Å². The molecule has 0 aliphatic rings. The Hall–Kier alpha value is -1.74. The number of nitrogens with two attached hydrogens (primary N) is 1. The first-order chi connectivity index (χ1) is 8.15. The van der Waals surface area contributed by atoms with Crippen LogP contribution in [-0.4, -0.2) is 19.1 Å². The summed E-state index contributed by atoms with van der Waals surface area (Å²) in [4.78, 5) is 11.9. The number of ether oxygens (including phenoxy) is 1. The zero-order valence-electron chi connectivity index (χ0n) is 9.87. The van der Waals surface area contributed by atoms with Gasteiger partial charge in [-0.25, -0.2) is 4.79 Å². The van der Waals surface area contributed by atoms with E-state index in [-0.39, 0.29) is 12.3 Å². The summed E-state index contributed by atoms with van der Waals surface area (Å²) in [5.74, 6) is -0.476. The molecule has 0 bridgehead atoms. The van der Waals surface area contributed by atoms with E-state index in [2.05, 4.69) is 5.32 Å². The third-order valence-corrected chi connectivity index (χ3v) is 3.20. The maximum atomic E-state index is 11.6. The number of nitrogen functional groups attached to an aromatic ring is 1. The highest BCUT2D eigenvalue weighted by atomic mass is 32.1. The van der Waals surface area contributed by atoms with Crippen LogP contribution in [0.2, 0.25) is 0 Å². The molecule has 3 N–H and O–H groups in total. The van der Waals surface area contributed by atoms with Crippen molar-refractivity contribution < 1.29 is 9.53 Å². The number of nitrogens with one attached hydrogen (secondary N) is 1. The highest BCUT2D eigenvalue weighted by Crippen LogP contribution is 2.35. The largest absolute Gasteiger partial charge is 0.462 e. The van der Waals surface area contributed by atoms with Crippen molar-refractivity contribution >= 4 is 28.0 Å². The molecule has 1 aromatic heterocycles. The normalized spacial score (nSPS) is 9.71. The van der Waals surface area contributed by atoms with Crippen molar-refractivity contribution in [2.75, 3.05) is 24.2 Å². The first kappa shape index (κ1) is 13.3. The Kier molecular flexibility index (Phi) is 4.79. The van der Waals surface area contributed by atoms with Crippen molar-refractivity contribution in [3.63, 3.8) is 0 Å². The number of esters is 1. The second-order valence-electron chi connectivity index (χ2n) is 3.31. The first-order valence-corrected chi connectivity index (χ1v) is 6.20. The maximum absolute atomic E-state index is 11.6. The minimum Gasteiger partial charge on any atom is -0.462 e. The molecule has 6 heteroatoms. The smallest absolute Gasteiger partial charge is 0.350 e. The van der Waals surface area contributed by atoms with Crippen LogP contribution in [0.25, 0.3) is 0 Å². The number of anilines is 2. The standard InChI is InChI=1S/C11H15N3O2S/c1-3-5-14-10-7(6-12)8(13)9(17-10)11(15)16-4-2/h14H,3-5,13H2,1-2H3. The van der Waals surface area contributed by atoms with Gasteiger partial charge >= 0.3 is 5.97 Å². The lowest BCUT2D eigenvalue weighted by molar-refractivity contribution is 0.0533. The van der Waals surface area contributed by atoms with Crippen molar-refractivity contribution in [2.24, 2.45) is 0 Å². The van der Waals surface area contributed by atoms with Crippen LogP contribution in [0.1, 0.15) is 35.5 Å². The molecule has 1 heterocycles. The lowest BCUT2D eigenvalue weighted by Crippen LogP contribution is -2.05. The van der Waals surface area contributed by atoms with Crippen LogP contribution in [0, 0.1) is 11.3 Å². The predicted octanol–water partition coefficient (Wildman–Crippen LogP) is 2.20. The van der Waals surface area contributed by atoms with E-state index in [4.69, 9.17) is 15.7 Å². The van der Waals surface area contributed by atoms with E-state index in [1.54, 1.807) is 6.92 Å². The van der Waals surface area contributed by atoms with Crippen LogP contribution in [0.3, 0.4) is 0 Å². The molecule has 0 aliphatic heterocycles. The minimum absolute atomic E-state index is 0.203. The molecule has 0 saturated heterocycles. The Morgan fingerprint density at radius 2 is 2.29 bits per heavy atom. The molecule has 0 saturated carbocycles. The van der Waals surface area contributed by atoms with E-state index < -0.39 is 5.97 Å². The summed E-state index contributed by atoms with van der Waals surface area (Å²) >= 11 is 1.17. The molecule has 1 aromatic rings. The number of rotatable bonds is 5.